The number of hydrogen-bond donors (Lipinski definition) is 1. The van der Waals surface area contributed by atoms with Crippen molar-refractivity contribution in [1.29, 1.82) is 0 Å². The molecule has 0 aromatic carbocycles. The number of thiophene rings is 1. The molecule has 4 nitrogen and oxygen atoms in total. The Bertz CT molecular complexity index is 534. The van der Waals surface area contributed by atoms with E-state index < -0.39 is 10.0 Å². The lowest BCUT2D eigenvalue weighted by Gasteiger charge is -2.32. The Balaban J connectivity index is 2.16. The van der Waals surface area contributed by atoms with Crippen molar-refractivity contribution in [2.24, 2.45) is 0 Å². The van der Waals surface area contributed by atoms with E-state index in [9.17, 15) is 8.42 Å². The maximum absolute atomic E-state index is 12.9. The minimum Gasteiger partial charge on any atom is -0.312 e. The summed E-state index contributed by atoms with van der Waals surface area (Å²) >= 11 is 1.40. The van der Waals surface area contributed by atoms with E-state index in [4.69, 9.17) is 0 Å². The molecule has 6 heteroatoms. The minimum absolute atomic E-state index is 0.188. The monoisotopic (exact) mass is 330 g/mol. The minimum atomic E-state index is -3.33. The smallest absolute Gasteiger partial charge is 0.252 e. The van der Waals surface area contributed by atoms with Crippen molar-refractivity contribution in [3.8, 4) is 0 Å². The van der Waals surface area contributed by atoms with E-state index in [2.05, 4.69) is 5.32 Å². The first-order chi connectivity index (χ1) is 10.1. The van der Waals surface area contributed by atoms with Gasteiger partial charge in [-0.1, -0.05) is 33.1 Å². The molecule has 0 spiro atoms. The van der Waals surface area contributed by atoms with Crippen LogP contribution in [-0.4, -0.2) is 31.9 Å². The van der Waals surface area contributed by atoms with Crippen LogP contribution in [0.15, 0.2) is 16.3 Å². The van der Waals surface area contributed by atoms with Crippen molar-refractivity contribution in [2.45, 2.75) is 62.7 Å². The number of nitrogens with zero attached hydrogens (tertiary/aromatic N) is 1. The van der Waals surface area contributed by atoms with Gasteiger partial charge in [0.05, 0.1) is 0 Å². The number of sulfonamides is 1. The highest BCUT2D eigenvalue weighted by Gasteiger charge is 2.31. The lowest BCUT2D eigenvalue weighted by atomic mass is 9.95. The first kappa shape index (κ1) is 16.9. The molecule has 1 fully saturated rings. The molecule has 2 rings (SSSR count). The van der Waals surface area contributed by atoms with Crippen LogP contribution in [0.3, 0.4) is 0 Å². The topological polar surface area (TPSA) is 49.4 Å². The molecule has 120 valence electrons. The van der Waals surface area contributed by atoms with Gasteiger partial charge >= 0.3 is 0 Å². The van der Waals surface area contributed by atoms with Crippen LogP contribution >= 0.6 is 11.3 Å². The van der Waals surface area contributed by atoms with Crippen LogP contribution in [0.1, 0.15) is 50.8 Å². The number of hydrogen-bond acceptors (Lipinski definition) is 4. The molecule has 0 bridgehead atoms. The van der Waals surface area contributed by atoms with Gasteiger partial charge in [-0.15, -0.1) is 11.3 Å². The van der Waals surface area contributed by atoms with Crippen LogP contribution in [0.5, 0.6) is 0 Å². The fraction of sp³-hybridized carbons (Fsp3) is 0.733. The lowest BCUT2D eigenvalue weighted by Crippen LogP contribution is -2.40. The summed E-state index contributed by atoms with van der Waals surface area (Å²) in [6.07, 6.45) is 5.53. The van der Waals surface area contributed by atoms with Crippen LogP contribution in [0.2, 0.25) is 0 Å². The van der Waals surface area contributed by atoms with Crippen LogP contribution in [0.25, 0.3) is 0 Å². The van der Waals surface area contributed by atoms with Gasteiger partial charge in [0.25, 0.3) is 10.0 Å². The average molecular weight is 331 g/mol. The third-order valence-corrected chi connectivity index (χ3v) is 7.62. The molecule has 0 saturated heterocycles. The number of rotatable bonds is 7. The summed E-state index contributed by atoms with van der Waals surface area (Å²) in [6, 6.07) is 3.88. The van der Waals surface area contributed by atoms with Gasteiger partial charge in [-0.25, -0.2) is 8.42 Å². The molecule has 1 N–H and O–H groups in total. The molecule has 1 aliphatic rings. The van der Waals surface area contributed by atoms with Crippen LogP contribution in [0, 0.1) is 0 Å². The van der Waals surface area contributed by atoms with Crippen molar-refractivity contribution in [3.63, 3.8) is 0 Å². The zero-order valence-electron chi connectivity index (χ0n) is 13.0. The van der Waals surface area contributed by atoms with E-state index in [1.807, 2.05) is 19.9 Å². The van der Waals surface area contributed by atoms with Gasteiger partial charge < -0.3 is 5.32 Å². The fourth-order valence-corrected chi connectivity index (χ4v) is 6.10. The molecule has 0 radical (unpaired) electrons. The third-order valence-electron chi connectivity index (χ3n) is 4.04. The molecule has 1 aliphatic carbocycles. The number of nitrogens with one attached hydrogen (secondary N) is 1. The van der Waals surface area contributed by atoms with Gasteiger partial charge in [0.15, 0.2) is 0 Å². The quantitative estimate of drug-likeness (QED) is 0.835. The molecule has 0 amide bonds. The van der Waals surface area contributed by atoms with Crippen molar-refractivity contribution >= 4 is 21.4 Å². The van der Waals surface area contributed by atoms with E-state index in [-0.39, 0.29) is 6.04 Å². The Morgan fingerprint density at radius 1 is 1.24 bits per heavy atom. The highest BCUT2D eigenvalue weighted by molar-refractivity contribution is 7.91. The zero-order chi connectivity index (χ0) is 15.3. The van der Waals surface area contributed by atoms with Crippen molar-refractivity contribution in [1.82, 2.24) is 9.62 Å². The van der Waals surface area contributed by atoms with Gasteiger partial charge in [0.2, 0.25) is 0 Å². The Kier molecular flexibility index (Phi) is 6.22. The van der Waals surface area contributed by atoms with E-state index in [1.165, 1.54) is 17.8 Å². The second kappa shape index (κ2) is 7.72. The summed E-state index contributed by atoms with van der Waals surface area (Å²) in [7, 11) is -3.33. The Morgan fingerprint density at radius 3 is 2.57 bits per heavy atom. The van der Waals surface area contributed by atoms with Gasteiger partial charge in [0, 0.05) is 24.0 Å². The van der Waals surface area contributed by atoms with E-state index in [0.717, 1.165) is 43.6 Å². The van der Waals surface area contributed by atoms with Gasteiger partial charge in [-0.2, -0.15) is 4.31 Å². The average Bonchev–Trinajstić information content (AvgIpc) is 2.96. The van der Waals surface area contributed by atoms with Gasteiger partial charge in [-0.05, 0) is 31.5 Å². The highest BCUT2D eigenvalue weighted by atomic mass is 32.2. The van der Waals surface area contributed by atoms with Crippen molar-refractivity contribution in [2.75, 3.05) is 13.1 Å². The molecular formula is C15H26N2O2S2. The first-order valence-electron chi connectivity index (χ1n) is 7.90. The predicted octanol–water partition coefficient (Wildman–Crippen LogP) is 3.20. The molecule has 1 aromatic rings. The molecule has 0 aliphatic heterocycles. The summed E-state index contributed by atoms with van der Waals surface area (Å²) in [5, 5.41) is 3.24. The molecule has 0 unspecified atom stereocenters. The van der Waals surface area contributed by atoms with Crippen molar-refractivity contribution < 1.29 is 8.42 Å². The summed E-state index contributed by atoms with van der Waals surface area (Å²) in [5.74, 6) is 0. The zero-order valence-corrected chi connectivity index (χ0v) is 14.6. The van der Waals surface area contributed by atoms with Crippen LogP contribution in [-0.2, 0) is 16.6 Å². The van der Waals surface area contributed by atoms with E-state index in [0.29, 0.717) is 10.8 Å². The molecule has 0 atom stereocenters. The van der Waals surface area contributed by atoms with Crippen LogP contribution < -0.4 is 5.32 Å². The summed E-state index contributed by atoms with van der Waals surface area (Å²) in [4.78, 5) is 1.08. The Morgan fingerprint density at radius 2 is 1.95 bits per heavy atom. The second-order valence-electron chi connectivity index (χ2n) is 5.50. The highest BCUT2D eigenvalue weighted by Crippen LogP contribution is 2.30. The molecule has 21 heavy (non-hydrogen) atoms. The summed E-state index contributed by atoms with van der Waals surface area (Å²) in [6.45, 7) is 6.19. The molecule has 1 heterocycles. The molecule has 1 aromatic heterocycles. The lowest BCUT2D eigenvalue weighted by molar-refractivity contribution is 0.262. The maximum atomic E-state index is 12.9. The standard InChI is InChI=1S/C15H26N2O2S2/c1-3-16-12-14-10-11-15(20-14)21(18,19)17(4-2)13-8-6-5-7-9-13/h10-11,13,16H,3-9,12H2,1-2H3. The summed E-state index contributed by atoms with van der Waals surface area (Å²) < 4.78 is 27.9. The van der Waals surface area contributed by atoms with Crippen molar-refractivity contribution in [3.05, 3.63) is 17.0 Å². The van der Waals surface area contributed by atoms with Gasteiger partial charge in [0.1, 0.15) is 4.21 Å². The maximum Gasteiger partial charge on any atom is 0.252 e. The van der Waals surface area contributed by atoms with E-state index in [1.54, 1.807) is 10.4 Å². The normalized spacial score (nSPS) is 17.5. The third kappa shape index (κ3) is 4.06. The van der Waals surface area contributed by atoms with E-state index >= 15 is 0 Å². The molecular weight excluding hydrogens is 304 g/mol. The largest absolute Gasteiger partial charge is 0.312 e. The fourth-order valence-electron chi connectivity index (χ4n) is 2.95. The molecule has 1 saturated carbocycles. The second-order valence-corrected chi connectivity index (χ2v) is 8.79. The van der Waals surface area contributed by atoms with Gasteiger partial charge in [-0.3, -0.25) is 0 Å². The SMILES string of the molecule is CCNCc1ccc(S(=O)(=O)N(CC)C2CCCCC2)s1. The van der Waals surface area contributed by atoms with Crippen LogP contribution in [0.4, 0.5) is 0 Å². The summed E-state index contributed by atoms with van der Waals surface area (Å²) in [5.41, 5.74) is 0. The Labute approximate surface area is 132 Å². The first-order valence-corrected chi connectivity index (χ1v) is 10.2. The predicted molar refractivity (Wildman–Crippen MR) is 88.1 cm³/mol. The Hall–Kier alpha value is -0.430.